The Morgan fingerprint density at radius 1 is 1.35 bits per heavy atom. The van der Waals surface area contributed by atoms with Crippen LogP contribution in [0.25, 0.3) is 0 Å². The molecule has 2 rings (SSSR count). The summed E-state index contributed by atoms with van der Waals surface area (Å²) >= 11 is 0. The molecule has 1 heterocycles. The molecule has 1 amide bonds. The fourth-order valence-electron chi connectivity index (χ4n) is 1.71. The van der Waals surface area contributed by atoms with Crippen molar-refractivity contribution in [3.05, 3.63) is 24.3 Å². The molecule has 0 bridgehead atoms. The highest BCUT2D eigenvalue weighted by Gasteiger charge is 2.31. The van der Waals surface area contributed by atoms with Gasteiger partial charge in [0.25, 0.3) is 5.91 Å². The average Bonchev–Trinajstić information content (AvgIpc) is 2.89. The van der Waals surface area contributed by atoms with Crippen molar-refractivity contribution in [2.45, 2.75) is 12.5 Å². The van der Waals surface area contributed by atoms with E-state index < -0.39 is 18.0 Å². The summed E-state index contributed by atoms with van der Waals surface area (Å²) in [6, 6.07) is 7.26. The minimum Gasteiger partial charge on any atom is -0.477 e. The van der Waals surface area contributed by atoms with Crippen LogP contribution in [0.1, 0.15) is 6.42 Å². The molecule has 1 aromatic rings. The number of rotatable bonds is 4. The predicted molar refractivity (Wildman–Crippen MR) is 74.0 cm³/mol. The molecule has 106 valence electrons. The monoisotopic (exact) mass is 277 g/mol. The van der Waals surface area contributed by atoms with Gasteiger partial charge in [0, 0.05) is 31.9 Å². The van der Waals surface area contributed by atoms with Gasteiger partial charge < -0.3 is 20.2 Å². The van der Waals surface area contributed by atoms with Gasteiger partial charge in [-0.1, -0.05) is 5.16 Å². The van der Waals surface area contributed by atoms with E-state index in [0.717, 1.165) is 5.69 Å². The number of carboxylic acids is 1. The Labute approximate surface area is 115 Å². The summed E-state index contributed by atoms with van der Waals surface area (Å²) < 4.78 is 0. The minimum atomic E-state index is -1.17. The van der Waals surface area contributed by atoms with E-state index in [2.05, 4.69) is 10.5 Å². The Morgan fingerprint density at radius 2 is 2.00 bits per heavy atom. The Bertz CT molecular complexity index is 551. The van der Waals surface area contributed by atoms with Gasteiger partial charge >= 0.3 is 5.97 Å². The largest absolute Gasteiger partial charge is 0.477 e. The van der Waals surface area contributed by atoms with E-state index in [1.807, 2.05) is 31.1 Å². The van der Waals surface area contributed by atoms with E-state index in [4.69, 9.17) is 9.94 Å². The lowest BCUT2D eigenvalue weighted by Crippen LogP contribution is -2.28. The summed E-state index contributed by atoms with van der Waals surface area (Å²) in [6.45, 7) is 0. The number of hydrogen-bond acceptors (Lipinski definition) is 5. The quantitative estimate of drug-likeness (QED) is 0.854. The first-order valence-corrected chi connectivity index (χ1v) is 6.01. The number of nitrogens with zero attached hydrogens (tertiary/aromatic N) is 2. The first kappa shape index (κ1) is 13.9. The van der Waals surface area contributed by atoms with Gasteiger partial charge in [-0.3, -0.25) is 4.79 Å². The molecule has 1 aliphatic rings. The van der Waals surface area contributed by atoms with E-state index in [-0.39, 0.29) is 12.1 Å². The molecular formula is C13H15N3O4. The third-order valence-corrected chi connectivity index (χ3v) is 2.86. The number of oxime groups is 1. The molecule has 0 saturated carbocycles. The summed E-state index contributed by atoms with van der Waals surface area (Å²) in [4.78, 5) is 29.3. The van der Waals surface area contributed by atoms with Crippen LogP contribution in [0.5, 0.6) is 0 Å². The van der Waals surface area contributed by atoms with Crippen molar-refractivity contribution in [3.8, 4) is 0 Å². The number of benzene rings is 1. The van der Waals surface area contributed by atoms with Crippen LogP contribution >= 0.6 is 0 Å². The van der Waals surface area contributed by atoms with Crippen LogP contribution in [-0.2, 0) is 14.4 Å². The first-order valence-electron chi connectivity index (χ1n) is 6.01. The molecule has 2 N–H and O–H groups in total. The van der Waals surface area contributed by atoms with Crippen LogP contribution in [-0.4, -0.2) is 42.9 Å². The zero-order valence-electron chi connectivity index (χ0n) is 11.2. The molecule has 0 spiro atoms. The third-order valence-electron chi connectivity index (χ3n) is 2.86. The molecular weight excluding hydrogens is 262 g/mol. The highest BCUT2D eigenvalue weighted by Crippen LogP contribution is 2.18. The van der Waals surface area contributed by atoms with Crippen LogP contribution in [0.2, 0.25) is 0 Å². The van der Waals surface area contributed by atoms with Crippen molar-refractivity contribution < 1.29 is 19.5 Å². The van der Waals surface area contributed by atoms with Gasteiger partial charge in [0.2, 0.25) is 6.10 Å². The lowest BCUT2D eigenvalue weighted by atomic mass is 10.1. The second-order valence-electron chi connectivity index (χ2n) is 4.57. The highest BCUT2D eigenvalue weighted by atomic mass is 16.6. The third kappa shape index (κ3) is 3.05. The van der Waals surface area contributed by atoms with E-state index in [1.54, 1.807) is 12.1 Å². The number of carbonyl (C=O) groups is 2. The molecule has 1 atom stereocenters. The number of nitrogens with one attached hydrogen (secondary N) is 1. The van der Waals surface area contributed by atoms with Crippen LogP contribution in [0, 0.1) is 0 Å². The molecule has 0 fully saturated rings. The summed E-state index contributed by atoms with van der Waals surface area (Å²) in [5.41, 5.74) is 1.48. The molecule has 20 heavy (non-hydrogen) atoms. The lowest BCUT2D eigenvalue weighted by Gasteiger charge is -2.13. The van der Waals surface area contributed by atoms with Crippen LogP contribution in [0.4, 0.5) is 11.4 Å². The normalized spacial score (nSPS) is 17.1. The maximum atomic E-state index is 11.9. The second kappa shape index (κ2) is 5.60. The summed E-state index contributed by atoms with van der Waals surface area (Å²) in [7, 11) is 3.84. The van der Waals surface area contributed by atoms with Gasteiger partial charge in [-0.2, -0.15) is 0 Å². The maximum absolute atomic E-state index is 11.9. The zero-order valence-corrected chi connectivity index (χ0v) is 11.2. The fraction of sp³-hybridized carbons (Fsp3) is 0.308. The SMILES string of the molecule is CN(C)c1ccc(NC(=O)C2CC(C(=O)O)=NO2)cc1. The predicted octanol–water partition coefficient (Wildman–Crippen LogP) is 0.921. The smallest absolute Gasteiger partial charge is 0.353 e. The van der Waals surface area contributed by atoms with Gasteiger partial charge in [0.1, 0.15) is 0 Å². The Hall–Kier alpha value is -2.57. The van der Waals surface area contributed by atoms with Crippen LogP contribution in [0.3, 0.4) is 0 Å². The highest BCUT2D eigenvalue weighted by molar-refractivity contribution is 6.36. The molecule has 0 aliphatic carbocycles. The Kier molecular flexibility index (Phi) is 3.88. The summed E-state index contributed by atoms with van der Waals surface area (Å²) in [5.74, 6) is -1.58. The molecule has 7 heteroatoms. The van der Waals surface area contributed by atoms with E-state index >= 15 is 0 Å². The number of amides is 1. The standard InChI is InChI=1S/C13H15N3O4/c1-16(2)9-5-3-8(4-6-9)14-12(17)11-7-10(13(18)19)15-20-11/h3-6,11H,7H2,1-2H3,(H,14,17)(H,18,19). The number of anilines is 2. The van der Waals surface area contributed by atoms with Crippen molar-refractivity contribution in [2.24, 2.45) is 5.16 Å². The van der Waals surface area contributed by atoms with Crippen molar-refractivity contribution in [1.82, 2.24) is 0 Å². The molecule has 1 aromatic carbocycles. The van der Waals surface area contributed by atoms with E-state index in [1.165, 1.54) is 0 Å². The topological polar surface area (TPSA) is 91.2 Å². The van der Waals surface area contributed by atoms with Crippen molar-refractivity contribution in [3.63, 3.8) is 0 Å². The Morgan fingerprint density at radius 3 is 2.50 bits per heavy atom. The van der Waals surface area contributed by atoms with Crippen molar-refractivity contribution >= 4 is 29.0 Å². The van der Waals surface area contributed by atoms with Gasteiger partial charge in [-0.25, -0.2) is 4.79 Å². The second-order valence-corrected chi connectivity index (χ2v) is 4.57. The molecule has 0 saturated heterocycles. The minimum absolute atomic E-state index is 0.0308. The zero-order chi connectivity index (χ0) is 14.7. The summed E-state index contributed by atoms with van der Waals surface area (Å²) in [6.07, 6.45) is -0.925. The van der Waals surface area contributed by atoms with Gasteiger partial charge in [-0.05, 0) is 24.3 Å². The number of hydrogen-bond donors (Lipinski definition) is 2. The van der Waals surface area contributed by atoms with Crippen molar-refractivity contribution in [2.75, 3.05) is 24.3 Å². The van der Waals surface area contributed by atoms with E-state index in [0.29, 0.717) is 5.69 Å². The summed E-state index contributed by atoms with van der Waals surface area (Å²) in [5, 5.41) is 14.8. The van der Waals surface area contributed by atoms with Gasteiger partial charge in [0.15, 0.2) is 5.71 Å². The first-order chi connectivity index (χ1) is 9.47. The van der Waals surface area contributed by atoms with Crippen LogP contribution in [0.15, 0.2) is 29.4 Å². The molecule has 0 aromatic heterocycles. The number of carboxylic acid groups (broad SMARTS) is 1. The van der Waals surface area contributed by atoms with Gasteiger partial charge in [-0.15, -0.1) is 0 Å². The van der Waals surface area contributed by atoms with Gasteiger partial charge in [0.05, 0.1) is 0 Å². The maximum Gasteiger partial charge on any atom is 0.353 e. The van der Waals surface area contributed by atoms with Crippen molar-refractivity contribution in [1.29, 1.82) is 0 Å². The molecule has 1 aliphatic heterocycles. The number of aliphatic carboxylic acids is 1. The average molecular weight is 277 g/mol. The molecule has 0 radical (unpaired) electrons. The Balaban J connectivity index is 1.94. The molecule has 7 nitrogen and oxygen atoms in total. The van der Waals surface area contributed by atoms with E-state index in [9.17, 15) is 9.59 Å². The fourth-order valence-corrected chi connectivity index (χ4v) is 1.71. The lowest BCUT2D eigenvalue weighted by molar-refractivity contribution is -0.129. The number of carbonyl (C=O) groups excluding carboxylic acids is 1. The van der Waals surface area contributed by atoms with Crippen LogP contribution < -0.4 is 10.2 Å². The molecule has 1 unspecified atom stereocenters.